The highest BCUT2D eigenvalue weighted by Crippen LogP contribution is 2.27. The lowest BCUT2D eigenvalue weighted by Gasteiger charge is -2.15. The van der Waals surface area contributed by atoms with E-state index in [-0.39, 0.29) is 5.28 Å². The molecule has 3 rings (SSSR count). The van der Waals surface area contributed by atoms with Crippen LogP contribution in [0.25, 0.3) is 0 Å². The lowest BCUT2D eigenvalue weighted by atomic mass is 10.2. The van der Waals surface area contributed by atoms with Gasteiger partial charge in [-0.15, -0.1) is 0 Å². The minimum atomic E-state index is 0.261. The SMILES string of the molecule is Cc1cccc(Sc2nc(Cl)nc(N3CCCC3)n2)c1. The van der Waals surface area contributed by atoms with E-state index in [2.05, 4.69) is 38.9 Å². The van der Waals surface area contributed by atoms with Crippen LogP contribution >= 0.6 is 23.4 Å². The Kier molecular flexibility index (Phi) is 4.08. The molecule has 1 aliphatic heterocycles. The average molecular weight is 307 g/mol. The first-order valence-corrected chi connectivity index (χ1v) is 7.81. The summed E-state index contributed by atoms with van der Waals surface area (Å²) in [6.45, 7) is 4.06. The molecule has 6 heteroatoms. The molecule has 0 N–H and O–H groups in total. The first kappa shape index (κ1) is 13.6. The Bertz CT molecular complexity index is 614. The summed E-state index contributed by atoms with van der Waals surface area (Å²) in [6, 6.07) is 8.25. The van der Waals surface area contributed by atoms with Gasteiger partial charge in [0.25, 0.3) is 0 Å². The highest BCUT2D eigenvalue weighted by Gasteiger charge is 2.17. The molecule has 0 spiro atoms. The molecular formula is C14H15ClN4S. The predicted octanol–water partition coefficient (Wildman–Crippen LogP) is 3.58. The van der Waals surface area contributed by atoms with Crippen molar-refractivity contribution in [1.82, 2.24) is 15.0 Å². The molecule has 1 aromatic heterocycles. The third kappa shape index (κ3) is 3.22. The molecule has 1 aromatic carbocycles. The topological polar surface area (TPSA) is 41.9 Å². The molecule has 2 heterocycles. The van der Waals surface area contributed by atoms with E-state index in [0.717, 1.165) is 18.0 Å². The van der Waals surface area contributed by atoms with Crippen LogP contribution in [0.5, 0.6) is 0 Å². The third-order valence-corrected chi connectivity index (χ3v) is 4.19. The van der Waals surface area contributed by atoms with Gasteiger partial charge in [0.05, 0.1) is 0 Å². The van der Waals surface area contributed by atoms with Crippen molar-refractivity contribution in [2.75, 3.05) is 18.0 Å². The molecule has 104 valence electrons. The number of benzene rings is 1. The van der Waals surface area contributed by atoms with Crippen molar-refractivity contribution < 1.29 is 0 Å². The minimum Gasteiger partial charge on any atom is -0.341 e. The summed E-state index contributed by atoms with van der Waals surface area (Å²) < 4.78 is 0. The van der Waals surface area contributed by atoms with Gasteiger partial charge in [-0.3, -0.25) is 0 Å². The van der Waals surface area contributed by atoms with Crippen LogP contribution in [0.3, 0.4) is 0 Å². The molecule has 0 bridgehead atoms. The highest BCUT2D eigenvalue weighted by atomic mass is 35.5. The van der Waals surface area contributed by atoms with Gasteiger partial charge in [-0.2, -0.15) is 15.0 Å². The lowest BCUT2D eigenvalue weighted by Crippen LogP contribution is -2.21. The maximum Gasteiger partial charge on any atom is 0.230 e. The Labute approximate surface area is 127 Å². The molecule has 0 unspecified atom stereocenters. The second kappa shape index (κ2) is 5.97. The van der Waals surface area contributed by atoms with Crippen LogP contribution in [0.2, 0.25) is 5.28 Å². The van der Waals surface area contributed by atoms with Crippen LogP contribution in [0.4, 0.5) is 5.95 Å². The molecule has 0 radical (unpaired) electrons. The zero-order chi connectivity index (χ0) is 13.9. The van der Waals surface area contributed by atoms with E-state index in [4.69, 9.17) is 11.6 Å². The monoisotopic (exact) mass is 306 g/mol. The van der Waals surface area contributed by atoms with E-state index in [9.17, 15) is 0 Å². The van der Waals surface area contributed by atoms with Crippen LogP contribution < -0.4 is 4.90 Å². The van der Waals surface area contributed by atoms with E-state index in [0.29, 0.717) is 11.1 Å². The van der Waals surface area contributed by atoms with Crippen molar-refractivity contribution in [3.8, 4) is 0 Å². The minimum absolute atomic E-state index is 0.261. The second-order valence-electron chi connectivity index (χ2n) is 4.80. The smallest absolute Gasteiger partial charge is 0.230 e. The van der Waals surface area contributed by atoms with Crippen LogP contribution in [-0.2, 0) is 0 Å². The van der Waals surface area contributed by atoms with Crippen LogP contribution in [-0.4, -0.2) is 28.0 Å². The van der Waals surface area contributed by atoms with Gasteiger partial charge in [-0.25, -0.2) is 0 Å². The average Bonchev–Trinajstić information content (AvgIpc) is 2.91. The number of aromatic nitrogens is 3. The van der Waals surface area contributed by atoms with Gasteiger partial charge in [-0.05, 0) is 55.3 Å². The number of nitrogens with zero attached hydrogens (tertiary/aromatic N) is 4. The van der Waals surface area contributed by atoms with E-state index < -0.39 is 0 Å². The molecule has 1 fully saturated rings. The lowest BCUT2D eigenvalue weighted by molar-refractivity contribution is 0.826. The number of halogens is 1. The standard InChI is InChI=1S/C14H15ClN4S/c1-10-5-4-6-11(9-10)20-14-17-12(15)16-13(18-14)19-7-2-3-8-19/h4-6,9H,2-3,7-8H2,1H3. The fraction of sp³-hybridized carbons (Fsp3) is 0.357. The zero-order valence-corrected chi connectivity index (χ0v) is 12.8. The van der Waals surface area contributed by atoms with Crippen molar-refractivity contribution in [2.45, 2.75) is 29.8 Å². The molecule has 0 atom stereocenters. The van der Waals surface area contributed by atoms with Crippen molar-refractivity contribution in [3.63, 3.8) is 0 Å². The number of hydrogen-bond acceptors (Lipinski definition) is 5. The van der Waals surface area contributed by atoms with Crippen LogP contribution in [0.1, 0.15) is 18.4 Å². The van der Waals surface area contributed by atoms with Crippen molar-refractivity contribution >= 4 is 29.3 Å². The fourth-order valence-electron chi connectivity index (χ4n) is 2.21. The predicted molar refractivity (Wildman–Crippen MR) is 81.6 cm³/mol. The normalized spacial score (nSPS) is 14.8. The molecule has 0 amide bonds. The van der Waals surface area contributed by atoms with Crippen molar-refractivity contribution in [3.05, 3.63) is 35.1 Å². The Hall–Kier alpha value is -1.33. The summed E-state index contributed by atoms with van der Waals surface area (Å²) in [7, 11) is 0. The summed E-state index contributed by atoms with van der Waals surface area (Å²) in [6.07, 6.45) is 2.37. The Morgan fingerprint density at radius 2 is 1.95 bits per heavy atom. The van der Waals surface area contributed by atoms with Crippen molar-refractivity contribution in [2.24, 2.45) is 0 Å². The summed E-state index contributed by atoms with van der Waals surface area (Å²) in [4.78, 5) is 16.2. The second-order valence-corrected chi connectivity index (χ2v) is 6.18. The molecular weight excluding hydrogens is 292 g/mol. The summed E-state index contributed by atoms with van der Waals surface area (Å²) in [5.41, 5.74) is 1.22. The summed E-state index contributed by atoms with van der Waals surface area (Å²) in [5, 5.41) is 0.912. The Morgan fingerprint density at radius 3 is 2.70 bits per heavy atom. The van der Waals surface area contributed by atoms with E-state index >= 15 is 0 Å². The molecule has 20 heavy (non-hydrogen) atoms. The van der Waals surface area contributed by atoms with E-state index in [1.54, 1.807) is 0 Å². The van der Waals surface area contributed by atoms with Crippen LogP contribution in [0, 0.1) is 6.92 Å². The first-order valence-electron chi connectivity index (χ1n) is 6.62. The first-order chi connectivity index (χ1) is 9.70. The molecule has 1 saturated heterocycles. The molecule has 2 aromatic rings. The van der Waals surface area contributed by atoms with Crippen molar-refractivity contribution in [1.29, 1.82) is 0 Å². The zero-order valence-electron chi connectivity index (χ0n) is 11.2. The van der Waals surface area contributed by atoms with E-state index in [1.165, 1.54) is 30.2 Å². The Morgan fingerprint density at radius 1 is 1.15 bits per heavy atom. The van der Waals surface area contributed by atoms with Gasteiger partial charge in [0.15, 0.2) is 5.16 Å². The molecule has 0 saturated carbocycles. The van der Waals surface area contributed by atoms with Gasteiger partial charge >= 0.3 is 0 Å². The number of aryl methyl sites for hydroxylation is 1. The summed E-state index contributed by atoms with van der Waals surface area (Å²) >= 11 is 7.54. The maximum absolute atomic E-state index is 6.02. The highest BCUT2D eigenvalue weighted by molar-refractivity contribution is 7.99. The molecule has 4 nitrogen and oxygen atoms in total. The third-order valence-electron chi connectivity index (χ3n) is 3.16. The van der Waals surface area contributed by atoms with Gasteiger partial charge in [0.2, 0.25) is 11.2 Å². The number of hydrogen-bond donors (Lipinski definition) is 0. The fourth-order valence-corrected chi connectivity index (χ4v) is 3.28. The summed E-state index contributed by atoms with van der Waals surface area (Å²) in [5.74, 6) is 0.692. The van der Waals surface area contributed by atoms with Crippen LogP contribution in [0.15, 0.2) is 34.3 Å². The molecule has 0 aliphatic carbocycles. The number of anilines is 1. The maximum atomic E-state index is 6.02. The van der Waals surface area contributed by atoms with Gasteiger partial charge < -0.3 is 4.90 Å². The number of rotatable bonds is 3. The molecule has 1 aliphatic rings. The van der Waals surface area contributed by atoms with Gasteiger partial charge in [-0.1, -0.05) is 17.7 Å². The largest absolute Gasteiger partial charge is 0.341 e. The van der Waals surface area contributed by atoms with E-state index in [1.807, 2.05) is 12.1 Å². The van der Waals surface area contributed by atoms with Gasteiger partial charge in [0, 0.05) is 18.0 Å². The quantitative estimate of drug-likeness (QED) is 0.867. The Balaban J connectivity index is 1.85. The van der Waals surface area contributed by atoms with Gasteiger partial charge in [0.1, 0.15) is 0 Å².